The molecule has 1 aromatic rings. The van der Waals surface area contributed by atoms with Crippen LogP contribution in [0.4, 0.5) is 11.5 Å². The Morgan fingerprint density at radius 1 is 1.58 bits per heavy atom. The summed E-state index contributed by atoms with van der Waals surface area (Å²) in [6.07, 6.45) is 0.965. The van der Waals surface area contributed by atoms with E-state index in [0.717, 1.165) is 6.20 Å². The van der Waals surface area contributed by atoms with Gasteiger partial charge in [0.05, 0.1) is 4.92 Å². The highest BCUT2D eigenvalue weighted by Crippen LogP contribution is 2.21. The molecule has 9 heteroatoms. The fourth-order valence-corrected chi connectivity index (χ4v) is 1.28. The minimum Gasteiger partial charge on any atom is -0.459 e. The van der Waals surface area contributed by atoms with E-state index in [-0.39, 0.29) is 23.3 Å². The Bertz CT molecular complexity index is 501. The van der Waals surface area contributed by atoms with Gasteiger partial charge in [-0.05, 0) is 32.4 Å². The number of nitro groups is 1. The highest BCUT2D eigenvalue weighted by atomic mass is 35.5. The first-order valence-corrected chi connectivity index (χ1v) is 5.69. The van der Waals surface area contributed by atoms with Gasteiger partial charge in [0.2, 0.25) is 11.1 Å². The molecule has 0 fully saturated rings. The van der Waals surface area contributed by atoms with Gasteiger partial charge in [0.15, 0.2) is 0 Å². The van der Waals surface area contributed by atoms with Crippen LogP contribution in [0.1, 0.15) is 20.8 Å². The molecule has 1 aromatic heterocycles. The average Bonchev–Trinajstić information content (AvgIpc) is 2.23. The predicted octanol–water partition coefficient (Wildman–Crippen LogP) is 1.79. The first-order chi connectivity index (χ1) is 8.69. The zero-order valence-electron chi connectivity index (χ0n) is 10.6. The molecule has 8 nitrogen and oxygen atoms in total. The van der Waals surface area contributed by atoms with E-state index in [2.05, 4.69) is 15.3 Å². The number of carbonyl (C=O) groups is 1. The Kier molecular flexibility index (Phi) is 4.60. The normalized spacial score (nSPS) is 10.9. The molecule has 0 unspecified atom stereocenters. The van der Waals surface area contributed by atoms with E-state index >= 15 is 0 Å². The van der Waals surface area contributed by atoms with Gasteiger partial charge in [-0.3, -0.25) is 14.9 Å². The first kappa shape index (κ1) is 15.1. The molecule has 0 aromatic carbocycles. The molecule has 0 atom stereocenters. The van der Waals surface area contributed by atoms with Gasteiger partial charge in [-0.1, -0.05) is 0 Å². The fourth-order valence-electron chi connectivity index (χ4n) is 1.15. The maximum absolute atomic E-state index is 11.5. The van der Waals surface area contributed by atoms with E-state index in [1.54, 1.807) is 20.8 Å². The molecule has 0 saturated carbocycles. The Morgan fingerprint density at radius 2 is 2.21 bits per heavy atom. The molecule has 0 aliphatic heterocycles. The Balaban J connectivity index is 2.75. The minimum atomic E-state index is -0.673. The summed E-state index contributed by atoms with van der Waals surface area (Å²) in [5, 5.41) is 13.1. The summed E-state index contributed by atoms with van der Waals surface area (Å²) in [6.45, 7) is 4.89. The quantitative estimate of drug-likeness (QED) is 0.389. The van der Waals surface area contributed by atoms with Crippen LogP contribution in [-0.4, -0.2) is 33.0 Å². The number of hydrogen-bond donors (Lipinski definition) is 1. The number of ether oxygens (including phenoxy) is 1. The van der Waals surface area contributed by atoms with E-state index in [9.17, 15) is 14.9 Å². The van der Waals surface area contributed by atoms with E-state index in [0.29, 0.717) is 0 Å². The Labute approximate surface area is 114 Å². The van der Waals surface area contributed by atoms with Crippen molar-refractivity contribution in [3.8, 4) is 0 Å². The number of halogens is 1. The molecule has 0 aliphatic rings. The SMILES string of the molecule is CC(C)(C)OC(=O)CNc1nc(Cl)ncc1[N+](=O)[O-]. The van der Waals surface area contributed by atoms with Crippen LogP contribution in [0.25, 0.3) is 0 Å². The zero-order chi connectivity index (χ0) is 14.6. The van der Waals surface area contributed by atoms with Gasteiger partial charge >= 0.3 is 11.7 Å². The zero-order valence-corrected chi connectivity index (χ0v) is 11.4. The summed E-state index contributed by atoms with van der Waals surface area (Å²) in [7, 11) is 0. The van der Waals surface area contributed by atoms with Crippen molar-refractivity contribution in [1.82, 2.24) is 9.97 Å². The smallest absolute Gasteiger partial charge is 0.329 e. The van der Waals surface area contributed by atoms with Crippen LogP contribution >= 0.6 is 11.6 Å². The fraction of sp³-hybridized carbons (Fsp3) is 0.500. The second kappa shape index (κ2) is 5.79. The number of hydrogen-bond acceptors (Lipinski definition) is 7. The molecule has 0 spiro atoms. The molecule has 0 bridgehead atoms. The third-order valence-corrected chi connectivity index (χ3v) is 1.94. The number of esters is 1. The van der Waals surface area contributed by atoms with Gasteiger partial charge < -0.3 is 10.1 Å². The Morgan fingerprint density at radius 3 is 2.74 bits per heavy atom. The van der Waals surface area contributed by atoms with Crippen molar-refractivity contribution in [1.29, 1.82) is 0 Å². The largest absolute Gasteiger partial charge is 0.459 e. The average molecular weight is 289 g/mol. The van der Waals surface area contributed by atoms with Crippen LogP contribution in [0.3, 0.4) is 0 Å². The monoisotopic (exact) mass is 288 g/mol. The summed E-state index contributed by atoms with van der Waals surface area (Å²) in [6, 6.07) is 0. The van der Waals surface area contributed by atoms with Gasteiger partial charge in [0.1, 0.15) is 18.3 Å². The second-order valence-corrected chi connectivity index (χ2v) is 4.91. The lowest BCUT2D eigenvalue weighted by Gasteiger charge is -2.19. The number of rotatable bonds is 4. The standard InChI is InChI=1S/C10H13ClN4O4/c1-10(2,3)19-7(16)5-12-8-6(15(17)18)4-13-9(11)14-8/h4H,5H2,1-3H3,(H,12,13,14). The number of aromatic nitrogens is 2. The van der Waals surface area contributed by atoms with Gasteiger partial charge in [-0.15, -0.1) is 0 Å². The van der Waals surface area contributed by atoms with Gasteiger partial charge in [-0.2, -0.15) is 4.98 Å². The van der Waals surface area contributed by atoms with Crippen LogP contribution in [0.5, 0.6) is 0 Å². The molecule has 0 aliphatic carbocycles. The molecule has 0 saturated heterocycles. The third-order valence-electron chi connectivity index (χ3n) is 1.76. The van der Waals surface area contributed by atoms with Crippen LogP contribution in [0, 0.1) is 10.1 Å². The Hall–Kier alpha value is -1.96. The van der Waals surface area contributed by atoms with Crippen molar-refractivity contribution >= 4 is 29.1 Å². The third kappa shape index (κ3) is 5.04. The summed E-state index contributed by atoms with van der Waals surface area (Å²) in [5.74, 6) is -0.688. The van der Waals surface area contributed by atoms with Gasteiger partial charge in [-0.25, -0.2) is 4.98 Å². The molecular formula is C10H13ClN4O4. The summed E-state index contributed by atoms with van der Waals surface area (Å²) < 4.78 is 5.04. The molecule has 1 N–H and O–H groups in total. The second-order valence-electron chi connectivity index (χ2n) is 4.57. The predicted molar refractivity (Wildman–Crippen MR) is 68.0 cm³/mol. The van der Waals surface area contributed by atoms with Crippen molar-refractivity contribution in [3.05, 3.63) is 21.6 Å². The summed E-state index contributed by atoms with van der Waals surface area (Å²) in [4.78, 5) is 28.7. The van der Waals surface area contributed by atoms with E-state index < -0.39 is 16.5 Å². The van der Waals surface area contributed by atoms with Crippen molar-refractivity contribution in [2.45, 2.75) is 26.4 Å². The molecule has 1 rings (SSSR count). The van der Waals surface area contributed by atoms with Crippen LogP contribution in [-0.2, 0) is 9.53 Å². The molecule has 0 amide bonds. The molecule has 19 heavy (non-hydrogen) atoms. The lowest BCUT2D eigenvalue weighted by Crippen LogP contribution is -2.28. The van der Waals surface area contributed by atoms with Crippen molar-refractivity contribution in [3.63, 3.8) is 0 Å². The van der Waals surface area contributed by atoms with Gasteiger partial charge in [0.25, 0.3) is 0 Å². The summed E-state index contributed by atoms with van der Waals surface area (Å²) >= 11 is 5.54. The van der Waals surface area contributed by atoms with Crippen LogP contribution < -0.4 is 5.32 Å². The highest BCUT2D eigenvalue weighted by molar-refractivity contribution is 6.28. The first-order valence-electron chi connectivity index (χ1n) is 5.31. The number of carbonyl (C=O) groups excluding carboxylic acids is 1. The summed E-state index contributed by atoms with van der Waals surface area (Å²) in [5.41, 5.74) is -0.999. The van der Waals surface area contributed by atoms with Crippen molar-refractivity contribution in [2.24, 2.45) is 0 Å². The highest BCUT2D eigenvalue weighted by Gasteiger charge is 2.20. The lowest BCUT2D eigenvalue weighted by atomic mass is 10.2. The maximum Gasteiger partial charge on any atom is 0.329 e. The number of nitrogens with zero attached hydrogens (tertiary/aromatic N) is 3. The van der Waals surface area contributed by atoms with Crippen molar-refractivity contribution < 1.29 is 14.5 Å². The van der Waals surface area contributed by atoms with Crippen LogP contribution in [0.15, 0.2) is 6.20 Å². The lowest BCUT2D eigenvalue weighted by molar-refractivity contribution is -0.384. The van der Waals surface area contributed by atoms with E-state index in [4.69, 9.17) is 16.3 Å². The van der Waals surface area contributed by atoms with Crippen molar-refractivity contribution in [2.75, 3.05) is 11.9 Å². The number of nitrogens with one attached hydrogen (secondary N) is 1. The van der Waals surface area contributed by atoms with Crippen LogP contribution in [0.2, 0.25) is 5.28 Å². The van der Waals surface area contributed by atoms with E-state index in [1.807, 2.05) is 0 Å². The number of anilines is 1. The molecular weight excluding hydrogens is 276 g/mol. The van der Waals surface area contributed by atoms with E-state index in [1.165, 1.54) is 0 Å². The van der Waals surface area contributed by atoms with Gasteiger partial charge in [0, 0.05) is 0 Å². The minimum absolute atomic E-state index is 0.129. The maximum atomic E-state index is 11.5. The molecule has 1 heterocycles. The molecule has 0 radical (unpaired) electrons. The molecule has 104 valence electrons. The topological polar surface area (TPSA) is 107 Å².